The Balaban J connectivity index is 0. The standard InChI is InChI=1S/C9H12O.Na.H/c1-6-4-7(2)9(10)8(3)5-6;;/h4-5,10H,1-3H3;;/q;+1;-1. The van der Waals surface area contributed by atoms with Crippen LogP contribution in [0.4, 0.5) is 0 Å². The molecule has 1 aromatic carbocycles. The van der Waals surface area contributed by atoms with Crippen LogP contribution in [0.5, 0.6) is 5.75 Å². The van der Waals surface area contributed by atoms with Crippen molar-refractivity contribution in [2.45, 2.75) is 20.8 Å². The molecule has 1 aromatic rings. The molecule has 0 atom stereocenters. The maximum atomic E-state index is 9.33. The molecule has 0 aromatic heterocycles. The Bertz CT molecular complexity index is 238. The van der Waals surface area contributed by atoms with E-state index in [0.29, 0.717) is 5.75 Å². The smallest absolute Gasteiger partial charge is 1.00 e. The summed E-state index contributed by atoms with van der Waals surface area (Å²) in [6.45, 7) is 5.85. The SMILES string of the molecule is Cc1cc(C)c(O)c(C)c1.[H-].[Na+]. The van der Waals surface area contributed by atoms with Crippen molar-refractivity contribution in [3.8, 4) is 5.75 Å². The zero-order valence-electron chi connectivity index (χ0n) is 8.60. The van der Waals surface area contributed by atoms with Gasteiger partial charge in [-0.2, -0.15) is 0 Å². The number of phenols is 1. The molecule has 0 unspecified atom stereocenters. The van der Waals surface area contributed by atoms with Gasteiger partial charge in [-0.05, 0) is 31.9 Å². The molecule has 1 N–H and O–H groups in total. The minimum atomic E-state index is 0. The van der Waals surface area contributed by atoms with Gasteiger partial charge in [-0.1, -0.05) is 17.7 Å². The monoisotopic (exact) mass is 160 g/mol. The van der Waals surface area contributed by atoms with Gasteiger partial charge in [0.25, 0.3) is 0 Å². The number of aromatic hydroxyl groups is 1. The Morgan fingerprint density at radius 1 is 1.09 bits per heavy atom. The van der Waals surface area contributed by atoms with Crippen LogP contribution in [0.15, 0.2) is 12.1 Å². The molecular weight excluding hydrogens is 147 g/mol. The van der Waals surface area contributed by atoms with Crippen LogP contribution in [0.25, 0.3) is 0 Å². The van der Waals surface area contributed by atoms with Crippen LogP contribution < -0.4 is 29.6 Å². The number of hydrogen-bond acceptors (Lipinski definition) is 1. The average molecular weight is 160 g/mol. The van der Waals surface area contributed by atoms with Gasteiger partial charge in [0.2, 0.25) is 0 Å². The van der Waals surface area contributed by atoms with Crippen molar-refractivity contribution in [2.75, 3.05) is 0 Å². The van der Waals surface area contributed by atoms with Gasteiger partial charge in [0, 0.05) is 0 Å². The van der Waals surface area contributed by atoms with Crippen LogP contribution in [-0.4, -0.2) is 5.11 Å². The van der Waals surface area contributed by atoms with Gasteiger partial charge in [0.15, 0.2) is 0 Å². The van der Waals surface area contributed by atoms with E-state index >= 15 is 0 Å². The molecule has 1 rings (SSSR count). The fourth-order valence-electron chi connectivity index (χ4n) is 1.17. The fraction of sp³-hybridized carbons (Fsp3) is 0.333. The third-order valence-electron chi connectivity index (χ3n) is 1.64. The first-order chi connectivity index (χ1) is 4.61. The van der Waals surface area contributed by atoms with E-state index in [1.54, 1.807) is 0 Å². The Kier molecular flexibility index (Phi) is 4.16. The van der Waals surface area contributed by atoms with E-state index in [1.165, 1.54) is 5.56 Å². The van der Waals surface area contributed by atoms with E-state index in [1.807, 2.05) is 32.9 Å². The van der Waals surface area contributed by atoms with Crippen molar-refractivity contribution in [1.29, 1.82) is 0 Å². The van der Waals surface area contributed by atoms with E-state index in [-0.39, 0.29) is 31.0 Å². The molecule has 2 heteroatoms. The molecule has 0 radical (unpaired) electrons. The molecule has 0 bridgehead atoms. The van der Waals surface area contributed by atoms with Gasteiger partial charge < -0.3 is 6.53 Å². The summed E-state index contributed by atoms with van der Waals surface area (Å²) in [5.74, 6) is 0.422. The molecule has 56 valence electrons. The first kappa shape index (κ1) is 11.0. The largest absolute Gasteiger partial charge is 1.00 e. The minimum absolute atomic E-state index is 0. The zero-order valence-corrected chi connectivity index (χ0v) is 9.60. The Hall–Kier alpha value is 0.0200. The van der Waals surface area contributed by atoms with Crippen LogP contribution in [0.1, 0.15) is 18.1 Å². The Labute approximate surface area is 91.2 Å². The van der Waals surface area contributed by atoms with Gasteiger partial charge in [0.1, 0.15) is 5.75 Å². The third-order valence-corrected chi connectivity index (χ3v) is 1.64. The second-order valence-electron chi connectivity index (χ2n) is 2.75. The van der Waals surface area contributed by atoms with Crippen LogP contribution in [0.2, 0.25) is 0 Å². The van der Waals surface area contributed by atoms with Crippen molar-refractivity contribution in [3.63, 3.8) is 0 Å². The molecule has 0 heterocycles. The maximum absolute atomic E-state index is 9.33. The zero-order chi connectivity index (χ0) is 7.72. The summed E-state index contributed by atoms with van der Waals surface area (Å²) in [6, 6.07) is 3.95. The van der Waals surface area contributed by atoms with Crippen LogP contribution in [0, 0.1) is 20.8 Å². The third kappa shape index (κ3) is 2.51. The Morgan fingerprint density at radius 2 is 1.45 bits per heavy atom. The van der Waals surface area contributed by atoms with E-state index in [4.69, 9.17) is 0 Å². The summed E-state index contributed by atoms with van der Waals surface area (Å²) in [4.78, 5) is 0. The summed E-state index contributed by atoms with van der Waals surface area (Å²) in [5, 5.41) is 9.33. The molecule has 0 spiro atoms. The van der Waals surface area contributed by atoms with Gasteiger partial charge in [-0.25, -0.2) is 0 Å². The van der Waals surface area contributed by atoms with Crippen molar-refractivity contribution in [1.82, 2.24) is 0 Å². The molecule has 0 saturated carbocycles. The summed E-state index contributed by atoms with van der Waals surface area (Å²) >= 11 is 0. The van der Waals surface area contributed by atoms with Crippen molar-refractivity contribution < 1.29 is 36.1 Å². The average Bonchev–Trinajstić information content (AvgIpc) is 1.82. The van der Waals surface area contributed by atoms with Crippen LogP contribution in [0.3, 0.4) is 0 Å². The number of hydrogen-bond donors (Lipinski definition) is 1. The summed E-state index contributed by atoms with van der Waals surface area (Å²) < 4.78 is 0. The molecule has 0 saturated heterocycles. The predicted octanol–water partition coefficient (Wildman–Crippen LogP) is -0.566. The molecule has 0 aliphatic heterocycles. The molecule has 0 amide bonds. The maximum Gasteiger partial charge on any atom is 1.00 e. The van der Waals surface area contributed by atoms with E-state index in [0.717, 1.165) is 11.1 Å². The number of rotatable bonds is 0. The van der Waals surface area contributed by atoms with Gasteiger partial charge in [-0.3, -0.25) is 0 Å². The van der Waals surface area contributed by atoms with Gasteiger partial charge >= 0.3 is 29.6 Å². The topological polar surface area (TPSA) is 20.2 Å². The minimum Gasteiger partial charge on any atom is -1.00 e. The molecule has 1 nitrogen and oxygen atoms in total. The first-order valence-electron chi connectivity index (χ1n) is 3.38. The summed E-state index contributed by atoms with van der Waals surface area (Å²) in [7, 11) is 0. The summed E-state index contributed by atoms with van der Waals surface area (Å²) in [6.07, 6.45) is 0. The van der Waals surface area contributed by atoms with E-state index in [9.17, 15) is 5.11 Å². The van der Waals surface area contributed by atoms with Gasteiger partial charge in [0.05, 0.1) is 0 Å². The van der Waals surface area contributed by atoms with Crippen LogP contribution >= 0.6 is 0 Å². The van der Waals surface area contributed by atoms with Crippen molar-refractivity contribution in [3.05, 3.63) is 28.8 Å². The van der Waals surface area contributed by atoms with Crippen molar-refractivity contribution in [2.24, 2.45) is 0 Å². The first-order valence-corrected chi connectivity index (χ1v) is 3.38. The van der Waals surface area contributed by atoms with Crippen molar-refractivity contribution >= 4 is 0 Å². The molecule has 0 aliphatic carbocycles. The molecule has 0 aliphatic rings. The van der Waals surface area contributed by atoms with E-state index < -0.39 is 0 Å². The molecular formula is C9H13NaO. The quantitative estimate of drug-likeness (QED) is 0.504. The molecule has 11 heavy (non-hydrogen) atoms. The number of benzene rings is 1. The number of phenolic OH excluding ortho intramolecular Hbond substituents is 1. The normalized spacial score (nSPS) is 9.00. The second kappa shape index (κ2) is 4.15. The summed E-state index contributed by atoms with van der Waals surface area (Å²) in [5.41, 5.74) is 3.11. The second-order valence-corrected chi connectivity index (χ2v) is 2.75. The molecule has 0 fully saturated rings. The number of aryl methyl sites for hydroxylation is 3. The van der Waals surface area contributed by atoms with E-state index in [2.05, 4.69) is 0 Å². The fourth-order valence-corrected chi connectivity index (χ4v) is 1.17. The van der Waals surface area contributed by atoms with Gasteiger partial charge in [-0.15, -0.1) is 0 Å². The predicted molar refractivity (Wildman–Crippen MR) is 43.4 cm³/mol. The van der Waals surface area contributed by atoms with Crippen LogP contribution in [-0.2, 0) is 0 Å². The Morgan fingerprint density at radius 3 is 1.82 bits per heavy atom.